The van der Waals surface area contributed by atoms with E-state index in [0.717, 1.165) is 13.2 Å². The molecule has 0 radical (unpaired) electrons. The Balaban J connectivity index is 3.09. The maximum Gasteiger partial charge on any atom is 0.431 e. The van der Waals surface area contributed by atoms with Crippen molar-refractivity contribution in [2.45, 2.75) is 12.6 Å². The molecule has 0 bridgehead atoms. The second-order valence-corrected chi connectivity index (χ2v) is 3.01. The number of alkyl halides is 3. The van der Waals surface area contributed by atoms with Crippen LogP contribution in [0.3, 0.4) is 0 Å². The zero-order valence-corrected chi connectivity index (χ0v) is 8.22. The van der Waals surface area contributed by atoms with Gasteiger partial charge in [-0.05, 0) is 0 Å². The summed E-state index contributed by atoms with van der Waals surface area (Å²) in [6.07, 6.45) is -5.05. The number of hydrogen-bond donors (Lipinski definition) is 1. The van der Waals surface area contributed by atoms with Gasteiger partial charge in [0.15, 0.2) is 5.43 Å². The monoisotopic (exact) mass is 235 g/mol. The van der Waals surface area contributed by atoms with Gasteiger partial charge in [-0.2, -0.15) is 13.2 Å². The van der Waals surface area contributed by atoms with E-state index in [4.69, 9.17) is 0 Å². The largest absolute Gasteiger partial charge is 0.469 e. The number of carbonyl (C=O) groups excluding carboxylic acids is 1. The molecule has 16 heavy (non-hydrogen) atoms. The minimum Gasteiger partial charge on any atom is -0.469 e. The average Bonchev–Trinajstić information content (AvgIpc) is 2.15. The van der Waals surface area contributed by atoms with Gasteiger partial charge in [-0.15, -0.1) is 0 Å². The van der Waals surface area contributed by atoms with Crippen LogP contribution in [0.4, 0.5) is 13.2 Å². The average molecular weight is 235 g/mol. The molecule has 1 aromatic rings. The summed E-state index contributed by atoms with van der Waals surface area (Å²) in [6.45, 7) is 0. The summed E-state index contributed by atoms with van der Waals surface area (Å²) in [4.78, 5) is 23.7. The highest BCUT2D eigenvalue weighted by Crippen LogP contribution is 2.26. The molecular formula is C9H8F3NO3. The van der Waals surface area contributed by atoms with Crippen molar-refractivity contribution < 1.29 is 22.7 Å². The predicted octanol–water partition coefficient (Wildman–Crippen LogP) is 1.11. The quantitative estimate of drug-likeness (QED) is 0.781. The maximum absolute atomic E-state index is 12.3. The molecule has 88 valence electrons. The number of pyridine rings is 1. The molecule has 0 spiro atoms. The number of halogens is 3. The molecule has 0 fully saturated rings. The van der Waals surface area contributed by atoms with Crippen LogP contribution < -0.4 is 5.43 Å². The lowest BCUT2D eigenvalue weighted by molar-refractivity contribution is -0.142. The van der Waals surface area contributed by atoms with Gasteiger partial charge in [-0.25, -0.2) is 0 Å². The summed E-state index contributed by atoms with van der Waals surface area (Å²) in [7, 11) is 1.11. The Morgan fingerprint density at radius 3 is 2.56 bits per heavy atom. The van der Waals surface area contributed by atoms with Gasteiger partial charge in [-0.1, -0.05) is 0 Å². The lowest BCUT2D eigenvalue weighted by atomic mass is 10.2. The van der Waals surface area contributed by atoms with Gasteiger partial charge >= 0.3 is 12.1 Å². The Morgan fingerprint density at radius 2 is 2.06 bits per heavy atom. The molecule has 0 atom stereocenters. The fourth-order valence-electron chi connectivity index (χ4n) is 1.08. The molecule has 1 heterocycles. The lowest BCUT2D eigenvalue weighted by Gasteiger charge is -2.08. The third kappa shape index (κ3) is 3.11. The van der Waals surface area contributed by atoms with Crippen molar-refractivity contribution in [1.82, 2.24) is 4.98 Å². The first kappa shape index (κ1) is 12.3. The van der Waals surface area contributed by atoms with E-state index in [1.54, 1.807) is 0 Å². The number of ether oxygens (including phenoxy) is 1. The van der Waals surface area contributed by atoms with E-state index in [-0.39, 0.29) is 5.69 Å². The van der Waals surface area contributed by atoms with Crippen molar-refractivity contribution in [1.29, 1.82) is 0 Å². The molecule has 0 unspecified atom stereocenters. The number of nitrogens with one attached hydrogen (secondary N) is 1. The fourth-order valence-corrected chi connectivity index (χ4v) is 1.08. The Hall–Kier alpha value is -1.79. The Morgan fingerprint density at radius 1 is 1.44 bits per heavy atom. The van der Waals surface area contributed by atoms with E-state index in [9.17, 15) is 22.8 Å². The number of esters is 1. The normalized spacial score (nSPS) is 11.2. The Kier molecular flexibility index (Phi) is 3.36. The van der Waals surface area contributed by atoms with E-state index in [0.29, 0.717) is 6.07 Å². The van der Waals surface area contributed by atoms with Crippen LogP contribution in [0.25, 0.3) is 0 Å². The minimum absolute atomic E-state index is 0.133. The van der Waals surface area contributed by atoms with Gasteiger partial charge in [0.1, 0.15) is 5.69 Å². The van der Waals surface area contributed by atoms with Gasteiger partial charge in [0, 0.05) is 17.8 Å². The Bertz CT molecular complexity index is 450. The molecule has 0 aliphatic heterocycles. The lowest BCUT2D eigenvalue weighted by Crippen LogP contribution is -2.17. The van der Waals surface area contributed by atoms with Crippen LogP contribution in [-0.4, -0.2) is 18.1 Å². The van der Waals surface area contributed by atoms with Gasteiger partial charge in [0.05, 0.1) is 13.5 Å². The molecule has 0 aromatic carbocycles. The smallest absolute Gasteiger partial charge is 0.431 e. The highest BCUT2D eigenvalue weighted by atomic mass is 19.4. The molecule has 1 rings (SSSR count). The topological polar surface area (TPSA) is 59.2 Å². The Labute approximate surface area is 88.0 Å². The van der Waals surface area contributed by atoms with Crippen molar-refractivity contribution >= 4 is 5.97 Å². The van der Waals surface area contributed by atoms with Crippen molar-refractivity contribution in [2.75, 3.05) is 7.11 Å². The third-order valence-electron chi connectivity index (χ3n) is 1.77. The molecule has 4 nitrogen and oxygen atoms in total. The summed E-state index contributed by atoms with van der Waals surface area (Å²) in [5.41, 5.74) is -2.13. The van der Waals surface area contributed by atoms with Gasteiger partial charge in [0.25, 0.3) is 0 Å². The number of hydrogen-bond acceptors (Lipinski definition) is 3. The second kappa shape index (κ2) is 4.38. The second-order valence-electron chi connectivity index (χ2n) is 3.01. The highest BCUT2D eigenvalue weighted by Gasteiger charge is 2.32. The highest BCUT2D eigenvalue weighted by molar-refractivity contribution is 5.71. The number of H-pyrrole nitrogens is 1. The molecule has 0 amide bonds. The third-order valence-corrected chi connectivity index (χ3v) is 1.77. The van der Waals surface area contributed by atoms with E-state index in [2.05, 4.69) is 4.74 Å². The SMILES string of the molecule is COC(=O)Cc1cc(=O)cc(C(F)(F)F)[nH]1. The number of aromatic nitrogens is 1. The maximum atomic E-state index is 12.3. The van der Waals surface area contributed by atoms with E-state index in [1.165, 1.54) is 0 Å². The van der Waals surface area contributed by atoms with Gasteiger partial charge in [0.2, 0.25) is 0 Å². The van der Waals surface area contributed by atoms with Crippen LogP contribution in [0.15, 0.2) is 16.9 Å². The first-order valence-corrected chi connectivity index (χ1v) is 4.20. The van der Waals surface area contributed by atoms with Crippen molar-refractivity contribution in [3.63, 3.8) is 0 Å². The number of rotatable bonds is 2. The molecular weight excluding hydrogens is 227 g/mol. The zero-order valence-electron chi connectivity index (χ0n) is 8.22. The summed E-state index contributed by atoms with van der Waals surface area (Å²) >= 11 is 0. The summed E-state index contributed by atoms with van der Waals surface area (Å²) in [5.74, 6) is -0.727. The van der Waals surface area contributed by atoms with Crippen LogP contribution in [-0.2, 0) is 22.1 Å². The van der Waals surface area contributed by atoms with Crippen molar-refractivity contribution in [3.8, 4) is 0 Å². The van der Waals surface area contributed by atoms with Crippen LogP contribution in [0, 0.1) is 0 Å². The summed E-state index contributed by atoms with van der Waals surface area (Å²) in [5, 5.41) is 0. The number of aromatic amines is 1. The van der Waals surface area contributed by atoms with Crippen LogP contribution >= 0.6 is 0 Å². The molecule has 0 aliphatic rings. The van der Waals surface area contributed by atoms with Gasteiger partial charge in [-0.3, -0.25) is 9.59 Å². The molecule has 1 N–H and O–H groups in total. The van der Waals surface area contributed by atoms with Crippen molar-refractivity contribution in [3.05, 3.63) is 33.7 Å². The number of carbonyl (C=O) groups is 1. The first-order valence-electron chi connectivity index (χ1n) is 4.20. The summed E-state index contributed by atoms with van der Waals surface area (Å²) < 4.78 is 41.1. The number of methoxy groups -OCH3 is 1. The van der Waals surface area contributed by atoms with Crippen molar-refractivity contribution in [2.24, 2.45) is 0 Å². The van der Waals surface area contributed by atoms with E-state index >= 15 is 0 Å². The van der Waals surface area contributed by atoms with Crippen LogP contribution in [0.5, 0.6) is 0 Å². The fraction of sp³-hybridized carbons (Fsp3) is 0.333. The van der Waals surface area contributed by atoms with E-state index in [1.807, 2.05) is 4.98 Å². The first-order chi connectivity index (χ1) is 7.32. The van der Waals surface area contributed by atoms with E-state index < -0.39 is 29.7 Å². The molecule has 0 saturated carbocycles. The van der Waals surface area contributed by atoms with Crippen LogP contribution in [0.2, 0.25) is 0 Å². The molecule has 0 saturated heterocycles. The zero-order chi connectivity index (χ0) is 12.3. The minimum atomic E-state index is -4.65. The molecule has 0 aliphatic carbocycles. The molecule has 1 aromatic heterocycles. The summed E-state index contributed by atoms with van der Waals surface area (Å²) in [6, 6.07) is 1.35. The molecule has 7 heteroatoms. The predicted molar refractivity (Wildman–Crippen MR) is 47.8 cm³/mol. The van der Waals surface area contributed by atoms with Gasteiger partial charge < -0.3 is 9.72 Å². The standard InChI is InChI=1S/C9H8F3NO3/c1-16-8(15)3-5-2-6(14)4-7(13-5)9(10,11)12/h2,4H,3H2,1H3,(H,13,14). The van der Waals surface area contributed by atoms with Crippen LogP contribution in [0.1, 0.15) is 11.4 Å².